The third-order valence-corrected chi connectivity index (χ3v) is 6.17. The first-order valence-corrected chi connectivity index (χ1v) is 13.1. The summed E-state index contributed by atoms with van der Waals surface area (Å²) in [6.45, 7) is 5.54. The number of carboxylic acid groups (broad SMARTS) is 3. The Morgan fingerprint density at radius 2 is 1.31 bits per heavy atom. The third kappa shape index (κ3) is 9.32. The van der Waals surface area contributed by atoms with Gasteiger partial charge in [0.05, 0.1) is 32.3 Å². The fourth-order valence-corrected chi connectivity index (χ4v) is 4.37. The molecular weight excluding hydrogens is 590 g/mol. The quantitative estimate of drug-likeness (QED) is 0.147. The zero-order chi connectivity index (χ0) is 33.8. The maximum atomic E-state index is 10.9. The molecule has 0 heterocycles. The number of carbonyl (C=O) groups is 3. The first-order chi connectivity index (χ1) is 21.2. The van der Waals surface area contributed by atoms with Crippen LogP contribution in [0.4, 0.5) is 5.69 Å². The van der Waals surface area contributed by atoms with Crippen LogP contribution < -0.4 is 18.9 Å². The molecule has 0 saturated carbocycles. The predicted molar refractivity (Wildman–Crippen MR) is 164 cm³/mol. The zero-order valence-corrected chi connectivity index (χ0v) is 25.4. The monoisotopic (exact) mass is 623 g/mol. The molecule has 0 atom stereocenters. The van der Waals surface area contributed by atoms with Gasteiger partial charge in [-0.3, -0.25) is 10.1 Å². The van der Waals surface area contributed by atoms with Gasteiger partial charge < -0.3 is 34.3 Å². The Balaban J connectivity index is 0.000000236. The van der Waals surface area contributed by atoms with Crippen LogP contribution in [0, 0.1) is 30.9 Å². The summed E-state index contributed by atoms with van der Waals surface area (Å²) in [5, 5.41) is 38.8. The van der Waals surface area contributed by atoms with Gasteiger partial charge in [-0.25, -0.2) is 14.4 Å². The molecule has 4 rings (SSSR count). The number of nitro benzene ring substituents is 1. The first kappa shape index (κ1) is 35.3. The van der Waals surface area contributed by atoms with Crippen LogP contribution >= 0.6 is 0 Å². The molecule has 0 unspecified atom stereocenters. The number of aliphatic carboxylic acids is 1. The Hall–Kier alpha value is -5.85. The van der Waals surface area contributed by atoms with Gasteiger partial charge in [0, 0.05) is 5.39 Å². The van der Waals surface area contributed by atoms with E-state index in [0.29, 0.717) is 11.5 Å². The van der Waals surface area contributed by atoms with E-state index in [1.54, 1.807) is 12.1 Å². The number of benzene rings is 4. The molecule has 13 heteroatoms. The minimum Gasteiger partial charge on any atom is -0.496 e. The van der Waals surface area contributed by atoms with Crippen LogP contribution in [0.2, 0.25) is 0 Å². The molecule has 0 aromatic heterocycles. The summed E-state index contributed by atoms with van der Waals surface area (Å²) in [6, 6.07) is 17.1. The largest absolute Gasteiger partial charge is 0.496 e. The molecule has 4 aromatic carbocycles. The van der Waals surface area contributed by atoms with Crippen molar-refractivity contribution in [1.82, 2.24) is 0 Å². The molecule has 238 valence electrons. The van der Waals surface area contributed by atoms with Gasteiger partial charge >= 0.3 is 23.6 Å². The van der Waals surface area contributed by atoms with Crippen LogP contribution in [0.5, 0.6) is 23.0 Å². The fraction of sp³-hybridized carbons (Fsp3) is 0.219. The molecule has 0 amide bonds. The summed E-state index contributed by atoms with van der Waals surface area (Å²) in [6.07, 6.45) is 0. The highest BCUT2D eigenvalue weighted by molar-refractivity contribution is 6.00. The Bertz CT molecular complexity index is 1660. The minimum absolute atomic E-state index is 0.0879. The number of ether oxygens (including phenoxy) is 4. The van der Waals surface area contributed by atoms with Gasteiger partial charge in [0.25, 0.3) is 0 Å². The number of hydrogen-bond acceptors (Lipinski definition) is 9. The van der Waals surface area contributed by atoms with Crippen molar-refractivity contribution < 1.29 is 53.6 Å². The van der Waals surface area contributed by atoms with Gasteiger partial charge in [0.15, 0.2) is 6.61 Å². The van der Waals surface area contributed by atoms with Gasteiger partial charge in [-0.1, -0.05) is 48.0 Å². The lowest BCUT2D eigenvalue weighted by Crippen LogP contribution is -2.10. The average molecular weight is 624 g/mol. The second kappa shape index (κ2) is 16.1. The molecule has 0 aliphatic heterocycles. The zero-order valence-electron chi connectivity index (χ0n) is 25.4. The highest BCUT2D eigenvalue weighted by Gasteiger charge is 2.24. The Kier molecular flexibility index (Phi) is 12.7. The van der Waals surface area contributed by atoms with Gasteiger partial charge in [-0.15, -0.1) is 0 Å². The van der Waals surface area contributed by atoms with Crippen molar-refractivity contribution in [1.29, 1.82) is 0 Å². The van der Waals surface area contributed by atoms with Crippen molar-refractivity contribution in [3.8, 4) is 23.0 Å². The van der Waals surface area contributed by atoms with E-state index in [4.69, 9.17) is 34.3 Å². The molecule has 45 heavy (non-hydrogen) atoms. The topological polar surface area (TPSA) is 192 Å². The minimum atomic E-state index is -1.32. The fourth-order valence-electron chi connectivity index (χ4n) is 4.37. The lowest BCUT2D eigenvalue weighted by atomic mass is 10.1. The number of rotatable bonds is 9. The molecule has 0 aliphatic carbocycles. The van der Waals surface area contributed by atoms with E-state index in [-0.39, 0.29) is 29.2 Å². The summed E-state index contributed by atoms with van der Waals surface area (Å²) in [5.74, 6) is -2.36. The van der Waals surface area contributed by atoms with Crippen LogP contribution in [0.3, 0.4) is 0 Å². The summed E-state index contributed by atoms with van der Waals surface area (Å²) >= 11 is 0. The smallest absolute Gasteiger partial charge is 0.341 e. The highest BCUT2D eigenvalue weighted by atomic mass is 16.6. The van der Waals surface area contributed by atoms with Crippen LogP contribution in [0.15, 0.2) is 60.7 Å². The number of methoxy groups -OCH3 is 3. The Morgan fingerprint density at radius 1 is 0.733 bits per heavy atom. The maximum Gasteiger partial charge on any atom is 0.341 e. The molecule has 0 spiro atoms. The van der Waals surface area contributed by atoms with E-state index in [0.717, 1.165) is 39.6 Å². The van der Waals surface area contributed by atoms with Crippen LogP contribution in [0.25, 0.3) is 10.8 Å². The summed E-state index contributed by atoms with van der Waals surface area (Å²) in [7, 11) is 3.94. The summed E-state index contributed by atoms with van der Waals surface area (Å²) in [5.41, 5.74) is 2.54. The molecule has 0 aliphatic rings. The van der Waals surface area contributed by atoms with Crippen LogP contribution in [0.1, 0.15) is 37.4 Å². The lowest BCUT2D eigenvalue weighted by molar-refractivity contribution is -0.385. The number of carboxylic acids is 3. The first-order valence-electron chi connectivity index (χ1n) is 13.1. The van der Waals surface area contributed by atoms with E-state index in [2.05, 4.69) is 0 Å². The van der Waals surface area contributed by atoms with Crippen molar-refractivity contribution in [3.63, 3.8) is 0 Å². The number of nitro groups is 1. The number of aryl methyl sites for hydroxylation is 3. The van der Waals surface area contributed by atoms with Crippen molar-refractivity contribution >= 4 is 34.4 Å². The third-order valence-electron chi connectivity index (χ3n) is 6.17. The Morgan fingerprint density at radius 3 is 1.80 bits per heavy atom. The number of fused-ring (bicyclic) bond motifs is 1. The van der Waals surface area contributed by atoms with Crippen molar-refractivity contribution in [3.05, 3.63) is 98.6 Å². The van der Waals surface area contributed by atoms with E-state index in [1.165, 1.54) is 21.3 Å². The van der Waals surface area contributed by atoms with E-state index >= 15 is 0 Å². The summed E-state index contributed by atoms with van der Waals surface area (Å²) < 4.78 is 19.8. The standard InChI is InChI=1S/C12H10O3.C11H14O3.C9H9NO6/c1-15-11-9-5-3-2-4-8(9)6-7-10(11)12(13)14;1-7-4-8(2)11(9(3)5-7)14-6-10(12)13;1-15-5-3-6(9(11)12)8(16-2)7(4-5)10(13)14/h2-7H,1H3,(H,13,14);4-5H,6H2,1-3H3,(H,12,13);3-4H,1-2H3,(H,11,12). The molecular formula is C32H33NO12. The Labute approximate surface area is 258 Å². The second-order valence-corrected chi connectivity index (χ2v) is 9.37. The molecule has 0 saturated heterocycles. The highest BCUT2D eigenvalue weighted by Crippen LogP contribution is 2.35. The van der Waals surface area contributed by atoms with Crippen LogP contribution in [-0.4, -0.2) is 66.1 Å². The maximum absolute atomic E-state index is 10.9. The molecule has 0 fully saturated rings. The van der Waals surface area contributed by atoms with Gasteiger partial charge in [-0.2, -0.15) is 0 Å². The van der Waals surface area contributed by atoms with Crippen molar-refractivity contribution in [2.75, 3.05) is 27.9 Å². The molecule has 0 bridgehead atoms. The predicted octanol–water partition coefficient (Wildman–Crippen LogP) is 5.93. The number of aromatic carboxylic acids is 2. The lowest BCUT2D eigenvalue weighted by Gasteiger charge is -2.11. The molecule has 13 nitrogen and oxygen atoms in total. The SMILES string of the molecule is COc1c(C(=O)O)ccc2ccccc12.COc1cc(C(=O)O)c(OC)c([N+](=O)[O-])c1.Cc1cc(C)c(OCC(=O)O)c(C)c1. The van der Waals surface area contributed by atoms with Gasteiger partial charge in [-0.05, 0) is 49.4 Å². The number of hydrogen-bond donors (Lipinski definition) is 3. The van der Waals surface area contributed by atoms with Crippen molar-refractivity contribution in [2.45, 2.75) is 20.8 Å². The molecule has 4 aromatic rings. The van der Waals surface area contributed by atoms with Crippen LogP contribution in [-0.2, 0) is 4.79 Å². The summed E-state index contributed by atoms with van der Waals surface area (Å²) in [4.78, 5) is 42.1. The molecule has 0 radical (unpaired) electrons. The molecule has 3 N–H and O–H groups in total. The van der Waals surface area contributed by atoms with E-state index < -0.39 is 28.5 Å². The van der Waals surface area contributed by atoms with Crippen molar-refractivity contribution in [2.24, 2.45) is 0 Å². The van der Waals surface area contributed by atoms with Gasteiger partial charge in [0.1, 0.15) is 28.4 Å². The van der Waals surface area contributed by atoms with Gasteiger partial charge in [0.2, 0.25) is 5.75 Å². The van der Waals surface area contributed by atoms with E-state index in [9.17, 15) is 24.5 Å². The van der Waals surface area contributed by atoms with E-state index in [1.807, 2.05) is 57.2 Å². The number of nitrogens with zero attached hydrogens (tertiary/aromatic N) is 1. The normalized spacial score (nSPS) is 9.91. The second-order valence-electron chi connectivity index (χ2n) is 9.37. The average Bonchev–Trinajstić information content (AvgIpc) is 2.99.